The molecule has 0 saturated heterocycles. The van der Waals surface area contributed by atoms with E-state index in [1.165, 1.54) is 0 Å². The van der Waals surface area contributed by atoms with Crippen LogP contribution in [0.4, 0.5) is 0 Å². The van der Waals surface area contributed by atoms with Gasteiger partial charge in [-0.2, -0.15) is 0 Å². The third-order valence-corrected chi connectivity index (χ3v) is 6.75. The van der Waals surface area contributed by atoms with E-state index in [0.717, 1.165) is 24.8 Å². The number of rotatable bonds is 3. The number of nitrogens with two attached hydrogens (primary N) is 1. The Kier molecular flexibility index (Phi) is 3.97. The molecule has 138 valence electrons. The number of primary amides is 1. The molecule has 6 unspecified atom stereocenters. The number of fused-ring (bicyclic) bond motifs is 1. The summed E-state index contributed by atoms with van der Waals surface area (Å²) in [6.45, 7) is 3.86. The van der Waals surface area contributed by atoms with Crippen LogP contribution in [0.25, 0.3) is 0 Å². The lowest BCUT2D eigenvalue weighted by molar-refractivity contribution is -0.0557. The number of aliphatic hydroxyl groups is 2. The lowest BCUT2D eigenvalue weighted by Crippen LogP contribution is -2.53. The molecule has 0 heterocycles. The quantitative estimate of drug-likeness (QED) is 0.623. The van der Waals surface area contributed by atoms with Crippen molar-refractivity contribution in [1.82, 2.24) is 0 Å². The van der Waals surface area contributed by atoms with E-state index in [1.54, 1.807) is 18.2 Å². The Morgan fingerprint density at radius 2 is 2.15 bits per heavy atom. The molecule has 5 N–H and O–H groups in total. The molecule has 1 aromatic rings. The number of carbonyl (C=O) groups is 1. The van der Waals surface area contributed by atoms with Gasteiger partial charge in [0.25, 0.3) is 5.91 Å². The van der Waals surface area contributed by atoms with E-state index >= 15 is 0 Å². The fourth-order valence-electron chi connectivity index (χ4n) is 5.60. The van der Waals surface area contributed by atoms with E-state index in [1.807, 2.05) is 12.1 Å². The van der Waals surface area contributed by atoms with E-state index in [9.17, 15) is 20.1 Å². The molecule has 1 saturated carbocycles. The first-order valence-corrected chi connectivity index (χ1v) is 9.23. The number of hydrogen-bond acceptors (Lipinski definition) is 4. The van der Waals surface area contributed by atoms with Crippen molar-refractivity contribution in [2.75, 3.05) is 0 Å². The first-order valence-electron chi connectivity index (χ1n) is 9.23. The number of aliphatic hydroxyl groups excluding tert-OH is 1. The summed E-state index contributed by atoms with van der Waals surface area (Å²) in [6.07, 6.45) is 7.64. The molecule has 6 atom stereocenters. The first-order chi connectivity index (χ1) is 12.4. The van der Waals surface area contributed by atoms with Gasteiger partial charge in [-0.1, -0.05) is 24.3 Å². The summed E-state index contributed by atoms with van der Waals surface area (Å²) in [7, 11) is 0. The van der Waals surface area contributed by atoms with Gasteiger partial charge in [0, 0.05) is 11.5 Å². The zero-order valence-electron chi connectivity index (χ0n) is 14.6. The Bertz CT molecular complexity index is 801. The molecule has 4 rings (SSSR count). The molecule has 3 aliphatic carbocycles. The highest BCUT2D eigenvalue weighted by molar-refractivity contribution is 5.96. The minimum Gasteiger partial charge on any atom is -0.507 e. The second kappa shape index (κ2) is 5.96. The van der Waals surface area contributed by atoms with E-state index in [4.69, 9.17) is 5.73 Å². The number of allylic oxidation sites excluding steroid dienone is 1. The van der Waals surface area contributed by atoms with Crippen LogP contribution in [-0.2, 0) is 6.42 Å². The van der Waals surface area contributed by atoms with Crippen LogP contribution in [0.2, 0.25) is 0 Å². The molecule has 5 heteroatoms. The molecule has 1 aromatic carbocycles. The number of amides is 1. The summed E-state index contributed by atoms with van der Waals surface area (Å²) in [6, 6.07) is 3.39. The maximum absolute atomic E-state index is 11.7. The number of phenols is 1. The zero-order valence-corrected chi connectivity index (χ0v) is 14.6. The third-order valence-electron chi connectivity index (χ3n) is 6.75. The number of hydrogen-bond donors (Lipinski definition) is 4. The predicted molar refractivity (Wildman–Crippen MR) is 97.7 cm³/mol. The molecule has 26 heavy (non-hydrogen) atoms. The van der Waals surface area contributed by atoms with E-state index in [-0.39, 0.29) is 29.1 Å². The number of benzene rings is 1. The summed E-state index contributed by atoms with van der Waals surface area (Å²) in [4.78, 5) is 11.7. The van der Waals surface area contributed by atoms with E-state index in [2.05, 4.69) is 6.58 Å². The van der Waals surface area contributed by atoms with Crippen molar-refractivity contribution in [3.63, 3.8) is 0 Å². The van der Waals surface area contributed by atoms with Crippen LogP contribution in [0.1, 0.15) is 46.7 Å². The standard InChI is InChI=1S/C21H25NO4/c1-2-3-11-4-6-13-16(23)8-9-21(26)15(11)10-12-5-7-14(20(22)25)19(24)17(12)18(13)21/h2,5,7-9,11,13,15-16,18,23-24,26H,1,3-4,6,10H2,(H2,22,25). The van der Waals surface area contributed by atoms with Gasteiger partial charge < -0.3 is 21.1 Å². The molecule has 4 bridgehead atoms. The third kappa shape index (κ3) is 2.27. The lowest BCUT2D eigenvalue weighted by atomic mass is 9.57. The number of carbonyl (C=O) groups excluding carboxylic acids is 1. The molecule has 0 aliphatic heterocycles. The van der Waals surface area contributed by atoms with Gasteiger partial charge in [0.05, 0.1) is 17.3 Å². The molecular formula is C21H25NO4. The average Bonchev–Trinajstić information content (AvgIpc) is 2.64. The van der Waals surface area contributed by atoms with Gasteiger partial charge in [0.15, 0.2) is 0 Å². The highest BCUT2D eigenvalue weighted by Crippen LogP contribution is 2.59. The second-order valence-corrected chi connectivity index (χ2v) is 7.95. The van der Waals surface area contributed by atoms with E-state index in [0.29, 0.717) is 12.0 Å². The summed E-state index contributed by atoms with van der Waals surface area (Å²) in [5.41, 5.74) is 5.82. The van der Waals surface area contributed by atoms with Crippen LogP contribution in [0.15, 0.2) is 36.9 Å². The molecular weight excluding hydrogens is 330 g/mol. The second-order valence-electron chi connectivity index (χ2n) is 7.95. The Morgan fingerprint density at radius 1 is 1.38 bits per heavy atom. The summed E-state index contributed by atoms with van der Waals surface area (Å²) in [5, 5.41) is 33.1. The van der Waals surface area contributed by atoms with Gasteiger partial charge >= 0.3 is 0 Å². The van der Waals surface area contributed by atoms with Crippen LogP contribution in [0.3, 0.4) is 0 Å². The molecule has 5 nitrogen and oxygen atoms in total. The van der Waals surface area contributed by atoms with Crippen molar-refractivity contribution in [2.45, 2.75) is 43.3 Å². The fraction of sp³-hybridized carbons (Fsp3) is 0.476. The predicted octanol–water partition coefficient (Wildman–Crippen LogP) is 2.01. The largest absolute Gasteiger partial charge is 0.507 e. The Morgan fingerprint density at radius 3 is 2.85 bits per heavy atom. The van der Waals surface area contributed by atoms with Crippen molar-refractivity contribution in [1.29, 1.82) is 0 Å². The SMILES string of the molecule is C=CCC1CCC2C(O)C=CC3(O)C1Cc1ccc(C(N)=O)c(O)c1C23. The summed E-state index contributed by atoms with van der Waals surface area (Å²) >= 11 is 0. The maximum atomic E-state index is 11.7. The Balaban J connectivity index is 1.96. The minimum absolute atomic E-state index is 0.0226. The molecule has 1 fully saturated rings. The van der Waals surface area contributed by atoms with Crippen LogP contribution in [0, 0.1) is 17.8 Å². The minimum atomic E-state index is -1.16. The molecule has 1 amide bonds. The van der Waals surface area contributed by atoms with Crippen LogP contribution in [0.5, 0.6) is 5.75 Å². The molecule has 0 spiro atoms. The van der Waals surface area contributed by atoms with Gasteiger partial charge in [0.1, 0.15) is 5.75 Å². The fourth-order valence-corrected chi connectivity index (χ4v) is 5.60. The Labute approximate surface area is 152 Å². The van der Waals surface area contributed by atoms with Crippen LogP contribution < -0.4 is 5.73 Å². The highest BCUT2D eigenvalue weighted by Gasteiger charge is 2.57. The molecule has 0 aromatic heterocycles. The van der Waals surface area contributed by atoms with Crippen LogP contribution in [-0.4, -0.2) is 32.9 Å². The van der Waals surface area contributed by atoms with Gasteiger partial charge in [-0.3, -0.25) is 4.79 Å². The van der Waals surface area contributed by atoms with Crippen molar-refractivity contribution < 1.29 is 20.1 Å². The van der Waals surface area contributed by atoms with Crippen molar-refractivity contribution in [3.8, 4) is 5.75 Å². The van der Waals surface area contributed by atoms with Crippen molar-refractivity contribution in [2.24, 2.45) is 23.5 Å². The molecule has 0 radical (unpaired) electrons. The zero-order chi connectivity index (χ0) is 18.6. The topological polar surface area (TPSA) is 104 Å². The van der Waals surface area contributed by atoms with Crippen molar-refractivity contribution >= 4 is 5.91 Å². The van der Waals surface area contributed by atoms with Gasteiger partial charge in [0.2, 0.25) is 0 Å². The normalized spacial score (nSPS) is 37.5. The summed E-state index contributed by atoms with van der Waals surface area (Å²) < 4.78 is 0. The van der Waals surface area contributed by atoms with Gasteiger partial charge in [-0.25, -0.2) is 0 Å². The van der Waals surface area contributed by atoms with Crippen LogP contribution >= 0.6 is 0 Å². The van der Waals surface area contributed by atoms with Crippen molar-refractivity contribution in [3.05, 3.63) is 53.6 Å². The van der Waals surface area contributed by atoms with E-state index < -0.39 is 23.5 Å². The maximum Gasteiger partial charge on any atom is 0.252 e. The smallest absolute Gasteiger partial charge is 0.252 e. The first kappa shape index (κ1) is 17.3. The van der Waals surface area contributed by atoms with Gasteiger partial charge in [-0.15, -0.1) is 6.58 Å². The highest BCUT2D eigenvalue weighted by atomic mass is 16.3. The summed E-state index contributed by atoms with van der Waals surface area (Å²) in [5.74, 6) is -1.28. The molecule has 3 aliphatic rings. The monoisotopic (exact) mass is 355 g/mol. The number of aromatic hydroxyl groups is 1. The Hall–Kier alpha value is -2.11. The lowest BCUT2D eigenvalue weighted by Gasteiger charge is -2.51. The van der Waals surface area contributed by atoms with Gasteiger partial charge in [-0.05, 0) is 55.1 Å². The average molecular weight is 355 g/mol.